The highest BCUT2D eigenvalue weighted by Crippen LogP contribution is 2.13. The van der Waals surface area contributed by atoms with Crippen molar-refractivity contribution >= 4 is 5.97 Å². The standard InChI is InChI=1S/C45H80O4/c1-3-5-7-9-11-13-15-17-19-20-21-22-23-24-25-27-29-31-33-35-37-39-41-48-43-44(42-46)49-45(47)40-38-36-34-32-30-28-26-18-16-14-12-10-8-6-4-2/h6,8,12,14,18,20-21,26,30,32,44,46H,3-5,7,9-11,13,15-17,19,22-25,27-29,31,33-43H2,1-2H3/b8-6-,14-12-,21-20-,26-18-,32-30-. The SMILES string of the molecule is CC/C=C\C/C=C\C/C=C\C/C=C\CCCCC(=O)OC(CO)COCCCCCCCCCCCC/C=C\CCCCCCCCCC. The fraction of sp³-hybridized carbons (Fsp3) is 0.756. The molecule has 0 rings (SSSR count). The van der Waals surface area contributed by atoms with Crippen LogP contribution >= 0.6 is 0 Å². The van der Waals surface area contributed by atoms with Crippen LogP contribution in [0.1, 0.15) is 194 Å². The van der Waals surface area contributed by atoms with Crippen LogP contribution in [0.3, 0.4) is 0 Å². The van der Waals surface area contributed by atoms with Crippen molar-refractivity contribution in [1.82, 2.24) is 0 Å². The number of aliphatic hydroxyl groups excluding tert-OH is 1. The van der Waals surface area contributed by atoms with Gasteiger partial charge < -0.3 is 14.6 Å². The molecule has 0 bridgehead atoms. The lowest BCUT2D eigenvalue weighted by atomic mass is 10.1. The fourth-order valence-corrected chi connectivity index (χ4v) is 5.72. The lowest BCUT2D eigenvalue weighted by molar-refractivity contribution is -0.154. The number of ether oxygens (including phenoxy) is 2. The van der Waals surface area contributed by atoms with E-state index in [4.69, 9.17) is 9.47 Å². The molecule has 1 N–H and O–H groups in total. The molecule has 0 aromatic carbocycles. The van der Waals surface area contributed by atoms with Gasteiger partial charge in [0.15, 0.2) is 0 Å². The number of carbonyl (C=O) groups is 1. The third kappa shape index (κ3) is 40.4. The van der Waals surface area contributed by atoms with Crippen molar-refractivity contribution in [1.29, 1.82) is 0 Å². The minimum atomic E-state index is -0.558. The maximum atomic E-state index is 12.2. The van der Waals surface area contributed by atoms with Gasteiger partial charge in [-0.1, -0.05) is 171 Å². The van der Waals surface area contributed by atoms with Gasteiger partial charge in [-0.25, -0.2) is 0 Å². The lowest BCUT2D eigenvalue weighted by Gasteiger charge is -2.15. The molecule has 1 unspecified atom stereocenters. The summed E-state index contributed by atoms with van der Waals surface area (Å²) < 4.78 is 11.1. The van der Waals surface area contributed by atoms with E-state index < -0.39 is 6.10 Å². The van der Waals surface area contributed by atoms with E-state index in [1.54, 1.807) is 0 Å². The third-order valence-corrected chi connectivity index (χ3v) is 8.83. The van der Waals surface area contributed by atoms with Crippen molar-refractivity contribution in [2.75, 3.05) is 19.8 Å². The van der Waals surface area contributed by atoms with Crippen LogP contribution in [0, 0.1) is 0 Å². The Balaban J connectivity index is 3.47. The minimum Gasteiger partial charge on any atom is -0.457 e. The van der Waals surface area contributed by atoms with Crippen LogP contribution in [-0.2, 0) is 14.3 Å². The Morgan fingerprint density at radius 2 is 0.918 bits per heavy atom. The van der Waals surface area contributed by atoms with E-state index in [0.717, 1.165) is 51.4 Å². The molecule has 1 atom stereocenters. The molecule has 0 saturated carbocycles. The van der Waals surface area contributed by atoms with E-state index in [1.807, 2.05) is 0 Å². The number of unbranched alkanes of at least 4 members (excludes halogenated alkanes) is 20. The summed E-state index contributed by atoms with van der Waals surface area (Å²) in [5.74, 6) is -0.242. The second kappa shape index (κ2) is 42.3. The monoisotopic (exact) mass is 685 g/mol. The summed E-state index contributed by atoms with van der Waals surface area (Å²) in [5.41, 5.74) is 0. The van der Waals surface area contributed by atoms with Gasteiger partial charge in [-0.2, -0.15) is 0 Å². The highest BCUT2D eigenvalue weighted by molar-refractivity contribution is 5.69. The first-order valence-electron chi connectivity index (χ1n) is 20.9. The summed E-state index contributed by atoms with van der Waals surface area (Å²) in [5, 5.41) is 9.58. The zero-order valence-corrected chi connectivity index (χ0v) is 32.4. The Kier molecular flexibility index (Phi) is 40.6. The predicted molar refractivity (Wildman–Crippen MR) is 214 cm³/mol. The molecule has 0 saturated heterocycles. The Morgan fingerprint density at radius 3 is 1.41 bits per heavy atom. The Hall–Kier alpha value is -1.91. The van der Waals surface area contributed by atoms with Crippen LogP contribution in [0.2, 0.25) is 0 Å². The minimum absolute atomic E-state index is 0.191. The zero-order chi connectivity index (χ0) is 35.6. The van der Waals surface area contributed by atoms with Gasteiger partial charge in [0.1, 0.15) is 6.10 Å². The van der Waals surface area contributed by atoms with Crippen molar-refractivity contribution < 1.29 is 19.4 Å². The predicted octanol–water partition coefficient (Wildman–Crippen LogP) is 13.7. The topological polar surface area (TPSA) is 55.8 Å². The molecular formula is C45H80O4. The number of allylic oxidation sites excluding steroid dienone is 10. The van der Waals surface area contributed by atoms with Crippen molar-refractivity contribution in [2.24, 2.45) is 0 Å². The molecular weight excluding hydrogens is 604 g/mol. The van der Waals surface area contributed by atoms with Crippen LogP contribution in [0.25, 0.3) is 0 Å². The van der Waals surface area contributed by atoms with Crippen LogP contribution in [-0.4, -0.2) is 37.0 Å². The number of hydrogen-bond acceptors (Lipinski definition) is 4. The smallest absolute Gasteiger partial charge is 0.306 e. The van der Waals surface area contributed by atoms with Gasteiger partial charge in [0, 0.05) is 13.0 Å². The zero-order valence-electron chi connectivity index (χ0n) is 32.4. The average Bonchev–Trinajstić information content (AvgIpc) is 3.11. The molecule has 0 aliphatic carbocycles. The van der Waals surface area contributed by atoms with Crippen LogP contribution < -0.4 is 0 Å². The number of hydrogen-bond donors (Lipinski definition) is 1. The second-order valence-electron chi connectivity index (χ2n) is 13.7. The first-order chi connectivity index (χ1) is 24.2. The van der Waals surface area contributed by atoms with E-state index >= 15 is 0 Å². The third-order valence-electron chi connectivity index (χ3n) is 8.83. The molecule has 0 heterocycles. The van der Waals surface area contributed by atoms with Gasteiger partial charge in [0.2, 0.25) is 0 Å². The van der Waals surface area contributed by atoms with Crippen molar-refractivity contribution in [3.8, 4) is 0 Å². The maximum Gasteiger partial charge on any atom is 0.306 e. The number of rotatable bonds is 38. The highest BCUT2D eigenvalue weighted by Gasteiger charge is 2.13. The first kappa shape index (κ1) is 47.1. The van der Waals surface area contributed by atoms with E-state index in [-0.39, 0.29) is 19.2 Å². The molecule has 0 aromatic rings. The van der Waals surface area contributed by atoms with E-state index in [9.17, 15) is 9.90 Å². The molecule has 4 nitrogen and oxygen atoms in total. The van der Waals surface area contributed by atoms with Crippen molar-refractivity contribution in [3.05, 3.63) is 60.8 Å². The van der Waals surface area contributed by atoms with Gasteiger partial charge in [-0.3, -0.25) is 4.79 Å². The largest absolute Gasteiger partial charge is 0.457 e. The maximum absolute atomic E-state index is 12.2. The van der Waals surface area contributed by atoms with Gasteiger partial charge in [0.25, 0.3) is 0 Å². The van der Waals surface area contributed by atoms with Crippen molar-refractivity contribution in [2.45, 2.75) is 200 Å². The van der Waals surface area contributed by atoms with Gasteiger partial charge in [0.05, 0.1) is 13.2 Å². The first-order valence-corrected chi connectivity index (χ1v) is 20.9. The molecule has 0 fully saturated rings. The number of esters is 1. The second-order valence-corrected chi connectivity index (χ2v) is 13.7. The summed E-state index contributed by atoms with van der Waals surface area (Å²) >= 11 is 0. The Morgan fingerprint density at radius 1 is 0.510 bits per heavy atom. The lowest BCUT2D eigenvalue weighted by Crippen LogP contribution is -2.27. The molecule has 284 valence electrons. The molecule has 0 radical (unpaired) electrons. The van der Waals surface area contributed by atoms with E-state index in [2.05, 4.69) is 74.6 Å². The normalized spacial score (nSPS) is 13.0. The fourth-order valence-electron chi connectivity index (χ4n) is 5.72. The average molecular weight is 685 g/mol. The summed E-state index contributed by atoms with van der Waals surface area (Å²) in [6.45, 7) is 5.19. The molecule has 0 aromatic heterocycles. The highest BCUT2D eigenvalue weighted by atomic mass is 16.6. The van der Waals surface area contributed by atoms with E-state index in [0.29, 0.717) is 13.0 Å². The van der Waals surface area contributed by atoms with Crippen molar-refractivity contribution in [3.63, 3.8) is 0 Å². The van der Waals surface area contributed by atoms with Crippen LogP contribution in [0.5, 0.6) is 0 Å². The molecule has 0 aliphatic rings. The molecule has 0 aliphatic heterocycles. The summed E-state index contributed by atoms with van der Waals surface area (Å²) in [4.78, 5) is 12.2. The summed E-state index contributed by atoms with van der Waals surface area (Å²) in [6.07, 6.45) is 55.7. The van der Waals surface area contributed by atoms with Gasteiger partial charge in [-0.15, -0.1) is 0 Å². The Bertz CT molecular complexity index is 809. The summed E-state index contributed by atoms with van der Waals surface area (Å²) in [7, 11) is 0. The number of aliphatic hydroxyl groups is 1. The Labute approximate surface area is 305 Å². The molecule has 4 heteroatoms. The van der Waals surface area contributed by atoms with Crippen LogP contribution in [0.4, 0.5) is 0 Å². The molecule has 0 amide bonds. The quantitative estimate of drug-likeness (QED) is 0.0399. The molecule has 0 spiro atoms. The van der Waals surface area contributed by atoms with E-state index in [1.165, 1.54) is 122 Å². The molecule has 49 heavy (non-hydrogen) atoms. The number of carbonyl (C=O) groups excluding carboxylic acids is 1. The van der Waals surface area contributed by atoms with Crippen LogP contribution in [0.15, 0.2) is 60.8 Å². The van der Waals surface area contributed by atoms with Gasteiger partial charge >= 0.3 is 5.97 Å². The van der Waals surface area contributed by atoms with Gasteiger partial charge in [-0.05, 0) is 77.0 Å². The summed E-state index contributed by atoms with van der Waals surface area (Å²) in [6, 6.07) is 0.